The summed E-state index contributed by atoms with van der Waals surface area (Å²) in [6.45, 7) is 0.335. The molecule has 24 heavy (non-hydrogen) atoms. The van der Waals surface area contributed by atoms with E-state index in [0.29, 0.717) is 34.1 Å². The maximum atomic E-state index is 14.1. The van der Waals surface area contributed by atoms with Gasteiger partial charge in [0.2, 0.25) is 0 Å². The molecule has 0 N–H and O–H groups in total. The monoisotopic (exact) mass is 337 g/mol. The lowest BCUT2D eigenvalue weighted by molar-refractivity contribution is 0.305. The molecule has 3 rings (SSSR count). The molecule has 0 aliphatic rings. The third-order valence-corrected chi connectivity index (χ3v) is 3.82. The van der Waals surface area contributed by atoms with Gasteiger partial charge in [0, 0.05) is 10.6 Å². The first-order valence-electron chi connectivity index (χ1n) is 7.33. The number of rotatable bonds is 4. The minimum absolute atomic E-state index is 0.335. The Labute approximate surface area is 144 Å². The molecule has 0 saturated carbocycles. The van der Waals surface area contributed by atoms with E-state index in [9.17, 15) is 9.65 Å². The smallest absolute Gasteiger partial charge is 0.138 e. The van der Waals surface area contributed by atoms with Gasteiger partial charge < -0.3 is 4.74 Å². The fourth-order valence-corrected chi connectivity index (χ4v) is 2.52. The fraction of sp³-hybridized carbons (Fsp3) is 0.0500. The minimum Gasteiger partial charge on any atom is -0.488 e. The Bertz CT molecular complexity index is 903. The first-order chi connectivity index (χ1) is 11.7. The van der Waals surface area contributed by atoms with Crippen LogP contribution in [0.4, 0.5) is 4.39 Å². The van der Waals surface area contributed by atoms with Gasteiger partial charge in [-0.15, -0.1) is 0 Å². The molecule has 0 saturated heterocycles. The summed E-state index contributed by atoms with van der Waals surface area (Å²) in [4.78, 5) is 0. The summed E-state index contributed by atoms with van der Waals surface area (Å²) in [5, 5.41) is 9.58. The van der Waals surface area contributed by atoms with E-state index in [1.54, 1.807) is 30.3 Å². The third kappa shape index (κ3) is 3.56. The van der Waals surface area contributed by atoms with Crippen LogP contribution in [-0.2, 0) is 6.61 Å². The van der Waals surface area contributed by atoms with Gasteiger partial charge in [-0.05, 0) is 41.5 Å². The molecule has 3 aromatic rings. The van der Waals surface area contributed by atoms with Crippen LogP contribution in [0.5, 0.6) is 5.75 Å². The van der Waals surface area contributed by atoms with Gasteiger partial charge in [-0.2, -0.15) is 5.26 Å². The highest BCUT2D eigenvalue weighted by molar-refractivity contribution is 6.30. The molecule has 0 heterocycles. The molecular formula is C20H13ClFNO. The molecule has 0 aromatic heterocycles. The Kier molecular flexibility index (Phi) is 4.79. The van der Waals surface area contributed by atoms with Crippen LogP contribution < -0.4 is 4.74 Å². The summed E-state index contributed by atoms with van der Waals surface area (Å²) in [5.41, 5.74) is 2.44. The van der Waals surface area contributed by atoms with Crippen molar-refractivity contribution < 1.29 is 9.13 Å². The van der Waals surface area contributed by atoms with Crippen LogP contribution in [0, 0.1) is 17.1 Å². The van der Waals surface area contributed by atoms with Crippen molar-refractivity contribution in [3.05, 3.63) is 88.7 Å². The van der Waals surface area contributed by atoms with E-state index >= 15 is 0 Å². The second kappa shape index (κ2) is 7.16. The van der Waals surface area contributed by atoms with Crippen molar-refractivity contribution in [1.82, 2.24) is 0 Å². The summed E-state index contributed by atoms with van der Waals surface area (Å²) in [7, 11) is 0. The van der Waals surface area contributed by atoms with Gasteiger partial charge in [-0.25, -0.2) is 4.39 Å². The second-order valence-electron chi connectivity index (χ2n) is 5.22. The first kappa shape index (κ1) is 16.0. The number of nitriles is 1. The Morgan fingerprint density at radius 1 is 1.00 bits per heavy atom. The Balaban J connectivity index is 1.92. The van der Waals surface area contributed by atoms with Crippen molar-refractivity contribution in [2.24, 2.45) is 0 Å². The maximum Gasteiger partial charge on any atom is 0.138 e. The van der Waals surface area contributed by atoms with E-state index < -0.39 is 5.82 Å². The van der Waals surface area contributed by atoms with Crippen molar-refractivity contribution in [3.8, 4) is 22.9 Å². The van der Waals surface area contributed by atoms with E-state index in [1.165, 1.54) is 6.07 Å². The van der Waals surface area contributed by atoms with Gasteiger partial charge in [0.1, 0.15) is 24.2 Å². The largest absolute Gasteiger partial charge is 0.488 e. The molecule has 3 aromatic carbocycles. The van der Waals surface area contributed by atoms with Crippen LogP contribution in [0.2, 0.25) is 5.02 Å². The third-order valence-electron chi connectivity index (χ3n) is 3.58. The number of halogens is 2. The molecule has 2 nitrogen and oxygen atoms in total. The topological polar surface area (TPSA) is 33.0 Å². The molecule has 0 radical (unpaired) electrons. The molecule has 0 bridgehead atoms. The standard InChI is InChI=1S/C20H13ClFNO/c21-17-8-9-18(19(22)11-17)15-6-7-16(12-23)20(10-15)24-13-14-4-2-1-3-5-14/h1-11H,13H2. The molecule has 0 unspecified atom stereocenters. The van der Waals surface area contributed by atoms with Crippen LogP contribution in [0.15, 0.2) is 66.7 Å². The normalized spacial score (nSPS) is 10.2. The van der Waals surface area contributed by atoms with Gasteiger partial charge in [0.25, 0.3) is 0 Å². The van der Waals surface area contributed by atoms with E-state index in [2.05, 4.69) is 6.07 Å². The van der Waals surface area contributed by atoms with E-state index in [-0.39, 0.29) is 0 Å². The Morgan fingerprint density at radius 2 is 1.79 bits per heavy atom. The summed E-state index contributed by atoms with van der Waals surface area (Å²) in [5.74, 6) is 0.00872. The van der Waals surface area contributed by atoms with Gasteiger partial charge >= 0.3 is 0 Å². The van der Waals surface area contributed by atoms with Gasteiger partial charge in [0.15, 0.2) is 0 Å². The number of benzene rings is 3. The van der Waals surface area contributed by atoms with Crippen molar-refractivity contribution in [1.29, 1.82) is 5.26 Å². The van der Waals surface area contributed by atoms with Crippen molar-refractivity contribution in [3.63, 3.8) is 0 Å². The van der Waals surface area contributed by atoms with Crippen LogP contribution in [0.1, 0.15) is 11.1 Å². The summed E-state index contributed by atoms with van der Waals surface area (Å²) in [6.07, 6.45) is 0. The molecule has 0 amide bonds. The lowest BCUT2D eigenvalue weighted by atomic mass is 10.0. The molecule has 0 spiro atoms. The minimum atomic E-state index is -0.416. The molecule has 118 valence electrons. The van der Waals surface area contributed by atoms with Crippen molar-refractivity contribution in [2.45, 2.75) is 6.61 Å². The highest BCUT2D eigenvalue weighted by Gasteiger charge is 2.10. The molecule has 0 aliphatic heterocycles. The molecule has 0 atom stereocenters. The number of hydrogen-bond donors (Lipinski definition) is 0. The van der Waals surface area contributed by atoms with Crippen molar-refractivity contribution >= 4 is 11.6 Å². The zero-order valence-corrected chi connectivity index (χ0v) is 13.4. The lowest BCUT2D eigenvalue weighted by Crippen LogP contribution is -1.97. The van der Waals surface area contributed by atoms with Crippen LogP contribution in [-0.4, -0.2) is 0 Å². The number of ether oxygens (including phenoxy) is 1. The first-order valence-corrected chi connectivity index (χ1v) is 7.71. The fourth-order valence-electron chi connectivity index (χ4n) is 2.36. The summed E-state index contributed by atoms with van der Waals surface area (Å²) in [6, 6.07) is 21.2. The summed E-state index contributed by atoms with van der Waals surface area (Å²) >= 11 is 5.79. The quantitative estimate of drug-likeness (QED) is 0.621. The SMILES string of the molecule is N#Cc1ccc(-c2ccc(Cl)cc2F)cc1OCc1ccccc1. The van der Waals surface area contributed by atoms with Crippen LogP contribution in [0.3, 0.4) is 0 Å². The van der Waals surface area contributed by atoms with E-state index in [1.807, 2.05) is 30.3 Å². The predicted molar refractivity (Wildman–Crippen MR) is 92.3 cm³/mol. The number of nitrogens with zero attached hydrogens (tertiary/aromatic N) is 1. The van der Waals surface area contributed by atoms with Gasteiger partial charge in [0.05, 0.1) is 5.56 Å². The Hall–Kier alpha value is -2.83. The van der Waals surface area contributed by atoms with E-state index in [0.717, 1.165) is 5.56 Å². The summed E-state index contributed by atoms with van der Waals surface area (Å²) < 4.78 is 19.9. The van der Waals surface area contributed by atoms with Crippen LogP contribution in [0.25, 0.3) is 11.1 Å². The zero-order valence-electron chi connectivity index (χ0n) is 12.7. The predicted octanol–water partition coefficient (Wildman–Crippen LogP) is 5.60. The van der Waals surface area contributed by atoms with Crippen LogP contribution >= 0.6 is 11.6 Å². The lowest BCUT2D eigenvalue weighted by Gasteiger charge is -2.11. The van der Waals surface area contributed by atoms with E-state index in [4.69, 9.17) is 16.3 Å². The van der Waals surface area contributed by atoms with Gasteiger partial charge in [-0.3, -0.25) is 0 Å². The average molecular weight is 338 g/mol. The average Bonchev–Trinajstić information content (AvgIpc) is 2.60. The molecule has 0 fully saturated rings. The highest BCUT2D eigenvalue weighted by atomic mass is 35.5. The van der Waals surface area contributed by atoms with Gasteiger partial charge in [-0.1, -0.05) is 48.0 Å². The zero-order chi connectivity index (χ0) is 16.9. The molecular weight excluding hydrogens is 325 g/mol. The molecule has 0 aliphatic carbocycles. The Morgan fingerprint density at radius 3 is 2.50 bits per heavy atom. The second-order valence-corrected chi connectivity index (χ2v) is 5.66. The highest BCUT2D eigenvalue weighted by Crippen LogP contribution is 2.30. The van der Waals surface area contributed by atoms with Crippen molar-refractivity contribution in [2.75, 3.05) is 0 Å². The molecule has 4 heteroatoms. The number of hydrogen-bond acceptors (Lipinski definition) is 2. The maximum absolute atomic E-state index is 14.1.